The Bertz CT molecular complexity index is 1430. The van der Waals surface area contributed by atoms with Gasteiger partial charge in [-0.05, 0) is 68.9 Å². The van der Waals surface area contributed by atoms with E-state index in [0.29, 0.717) is 16.8 Å². The lowest BCUT2D eigenvalue weighted by molar-refractivity contribution is -0.136. The van der Waals surface area contributed by atoms with Crippen molar-refractivity contribution in [3.63, 3.8) is 0 Å². The number of alkyl halides is 2. The summed E-state index contributed by atoms with van der Waals surface area (Å²) in [5, 5.41) is 14.7. The molecule has 1 aromatic heterocycles. The molecule has 8 nitrogen and oxygen atoms in total. The molecule has 0 bridgehead atoms. The molecule has 0 unspecified atom stereocenters. The number of halogens is 2. The van der Waals surface area contributed by atoms with Crippen LogP contribution in [0.2, 0.25) is 0 Å². The summed E-state index contributed by atoms with van der Waals surface area (Å²) in [7, 11) is -4.24. The molecular weight excluding hydrogens is 516 g/mol. The normalized spacial score (nSPS) is 20.9. The van der Waals surface area contributed by atoms with E-state index in [2.05, 4.69) is 5.10 Å². The summed E-state index contributed by atoms with van der Waals surface area (Å²) >= 11 is 0. The zero-order valence-corrected chi connectivity index (χ0v) is 22.1. The average Bonchev–Trinajstić information content (AvgIpc) is 3.41. The standard InChI is InChI=1S/C27H31F2N3O5S/c1-16(2)37-19-9-11-20(12-10-19)38(35,36)31-15-18(13-24(31)27(28)29)32-26-21(17-5-3-6-17)7-4-8-22(26)23(30-32)14-25(33)34/h4,7-12,16-18,24,27H,3,5-6,13-15H2,1-2H3,(H,33,34)/t18-,24-/m1/s1. The molecule has 3 aromatic rings. The van der Waals surface area contributed by atoms with E-state index in [4.69, 9.17) is 4.74 Å². The molecule has 5 rings (SSSR count). The molecule has 1 aliphatic heterocycles. The molecule has 1 saturated carbocycles. The predicted octanol–water partition coefficient (Wildman–Crippen LogP) is 4.99. The Labute approximate surface area is 220 Å². The van der Waals surface area contributed by atoms with Crippen molar-refractivity contribution in [2.75, 3.05) is 6.54 Å². The van der Waals surface area contributed by atoms with E-state index in [1.54, 1.807) is 10.7 Å². The summed E-state index contributed by atoms with van der Waals surface area (Å²) in [6, 6.07) is 9.21. The largest absolute Gasteiger partial charge is 0.491 e. The predicted molar refractivity (Wildman–Crippen MR) is 137 cm³/mol. The van der Waals surface area contributed by atoms with Crippen LogP contribution in [0, 0.1) is 0 Å². The summed E-state index contributed by atoms with van der Waals surface area (Å²) in [5.41, 5.74) is 2.08. The molecule has 0 amide bonds. The van der Waals surface area contributed by atoms with Crippen LogP contribution in [-0.2, 0) is 21.2 Å². The minimum absolute atomic E-state index is 0.0908. The van der Waals surface area contributed by atoms with Crippen molar-refractivity contribution in [2.45, 2.75) is 81.4 Å². The quantitative estimate of drug-likeness (QED) is 0.405. The van der Waals surface area contributed by atoms with Gasteiger partial charge in [0, 0.05) is 11.9 Å². The van der Waals surface area contributed by atoms with E-state index >= 15 is 0 Å². The van der Waals surface area contributed by atoms with Gasteiger partial charge in [-0.1, -0.05) is 24.6 Å². The molecule has 2 aromatic carbocycles. The highest BCUT2D eigenvalue weighted by molar-refractivity contribution is 7.89. The molecule has 2 fully saturated rings. The SMILES string of the molecule is CC(C)Oc1ccc(S(=O)(=O)N2C[C@H](n3nc(CC(=O)O)c4cccc(C5CCC5)c43)C[C@@H]2C(F)F)cc1. The molecule has 204 valence electrons. The van der Waals surface area contributed by atoms with E-state index in [1.165, 1.54) is 24.3 Å². The number of carboxylic acid groups (broad SMARTS) is 1. The third-order valence-electron chi connectivity index (χ3n) is 7.41. The third-order valence-corrected chi connectivity index (χ3v) is 9.32. The minimum atomic E-state index is -4.24. The van der Waals surface area contributed by atoms with Crippen LogP contribution in [0.4, 0.5) is 8.78 Å². The van der Waals surface area contributed by atoms with E-state index in [0.717, 1.165) is 34.6 Å². The van der Waals surface area contributed by atoms with Gasteiger partial charge in [0.2, 0.25) is 10.0 Å². The number of para-hydroxylation sites is 1. The van der Waals surface area contributed by atoms with Crippen molar-refractivity contribution in [1.82, 2.24) is 14.1 Å². The van der Waals surface area contributed by atoms with E-state index < -0.39 is 34.5 Å². The number of nitrogens with zero attached hydrogens (tertiary/aromatic N) is 3. The lowest BCUT2D eigenvalue weighted by Crippen LogP contribution is -2.39. The van der Waals surface area contributed by atoms with E-state index in [9.17, 15) is 27.1 Å². The highest BCUT2D eigenvalue weighted by Crippen LogP contribution is 2.43. The number of hydrogen-bond acceptors (Lipinski definition) is 5. The minimum Gasteiger partial charge on any atom is -0.491 e. The van der Waals surface area contributed by atoms with Crippen LogP contribution in [0.5, 0.6) is 5.75 Å². The van der Waals surface area contributed by atoms with Crippen molar-refractivity contribution in [2.24, 2.45) is 0 Å². The highest BCUT2D eigenvalue weighted by Gasteiger charge is 2.46. The van der Waals surface area contributed by atoms with Gasteiger partial charge in [-0.2, -0.15) is 9.40 Å². The van der Waals surface area contributed by atoms with Gasteiger partial charge >= 0.3 is 5.97 Å². The molecule has 2 atom stereocenters. The number of benzene rings is 2. The third kappa shape index (κ3) is 4.89. The van der Waals surface area contributed by atoms with Crippen molar-refractivity contribution >= 4 is 26.9 Å². The molecular formula is C27H31F2N3O5S. The number of aromatic nitrogens is 2. The van der Waals surface area contributed by atoms with Crippen LogP contribution < -0.4 is 4.74 Å². The highest BCUT2D eigenvalue weighted by atomic mass is 32.2. The van der Waals surface area contributed by atoms with E-state index in [-0.39, 0.29) is 36.3 Å². The second-order valence-corrected chi connectivity index (χ2v) is 12.2. The van der Waals surface area contributed by atoms with Gasteiger partial charge in [0.15, 0.2) is 0 Å². The van der Waals surface area contributed by atoms with Crippen LogP contribution in [0.1, 0.15) is 62.7 Å². The second kappa shape index (κ2) is 10.3. The lowest BCUT2D eigenvalue weighted by Gasteiger charge is -2.27. The average molecular weight is 548 g/mol. The second-order valence-electron chi connectivity index (χ2n) is 10.3. The van der Waals surface area contributed by atoms with Gasteiger partial charge in [-0.15, -0.1) is 0 Å². The van der Waals surface area contributed by atoms with Gasteiger partial charge in [0.25, 0.3) is 6.43 Å². The molecule has 11 heteroatoms. The first-order valence-corrected chi connectivity index (χ1v) is 14.3. The number of fused-ring (bicyclic) bond motifs is 1. The molecule has 2 aliphatic rings. The summed E-state index contributed by atoms with van der Waals surface area (Å²) in [4.78, 5) is 11.5. The Hall–Kier alpha value is -3.05. The number of carbonyl (C=O) groups is 1. The monoisotopic (exact) mass is 547 g/mol. The van der Waals surface area contributed by atoms with Crippen LogP contribution in [0.3, 0.4) is 0 Å². The Morgan fingerprint density at radius 1 is 1.16 bits per heavy atom. The van der Waals surface area contributed by atoms with Gasteiger partial charge in [0.05, 0.1) is 40.7 Å². The molecule has 1 N–H and O–H groups in total. The van der Waals surface area contributed by atoms with Gasteiger partial charge in [-0.3, -0.25) is 9.48 Å². The van der Waals surface area contributed by atoms with Crippen molar-refractivity contribution in [1.29, 1.82) is 0 Å². The molecule has 2 heterocycles. The first-order chi connectivity index (χ1) is 18.1. The number of aliphatic carboxylic acids is 1. The van der Waals surface area contributed by atoms with Crippen LogP contribution >= 0.6 is 0 Å². The van der Waals surface area contributed by atoms with Crippen LogP contribution in [0.15, 0.2) is 47.4 Å². The summed E-state index contributed by atoms with van der Waals surface area (Å²) < 4.78 is 63.7. The zero-order chi connectivity index (χ0) is 27.2. The topological polar surface area (TPSA) is 102 Å². The number of ether oxygens (including phenoxy) is 1. The fourth-order valence-corrected chi connectivity index (χ4v) is 7.12. The summed E-state index contributed by atoms with van der Waals surface area (Å²) in [6.45, 7) is 3.50. The molecule has 1 aliphatic carbocycles. The van der Waals surface area contributed by atoms with Gasteiger partial charge in [-0.25, -0.2) is 17.2 Å². The Kier molecular flexibility index (Phi) is 7.17. The van der Waals surface area contributed by atoms with Gasteiger partial charge < -0.3 is 9.84 Å². The first-order valence-electron chi connectivity index (χ1n) is 12.8. The molecule has 1 saturated heterocycles. The Balaban J connectivity index is 1.53. The maximum atomic E-state index is 14.3. The van der Waals surface area contributed by atoms with Crippen molar-refractivity contribution in [3.05, 3.63) is 53.7 Å². The maximum Gasteiger partial charge on any atom is 0.309 e. The fraction of sp³-hybridized carbons (Fsp3) is 0.481. The number of sulfonamides is 1. The molecule has 38 heavy (non-hydrogen) atoms. The number of carboxylic acids is 1. The smallest absolute Gasteiger partial charge is 0.309 e. The van der Waals surface area contributed by atoms with Gasteiger partial charge in [0.1, 0.15) is 5.75 Å². The lowest BCUT2D eigenvalue weighted by atomic mass is 9.79. The van der Waals surface area contributed by atoms with Crippen molar-refractivity contribution < 1.29 is 31.8 Å². The fourth-order valence-electron chi connectivity index (χ4n) is 5.46. The number of hydrogen-bond donors (Lipinski definition) is 1. The zero-order valence-electron chi connectivity index (χ0n) is 21.3. The first kappa shape index (κ1) is 26.6. The van der Waals surface area contributed by atoms with Crippen molar-refractivity contribution in [3.8, 4) is 5.75 Å². The Morgan fingerprint density at radius 3 is 2.45 bits per heavy atom. The van der Waals surface area contributed by atoms with E-state index in [1.807, 2.05) is 26.0 Å². The summed E-state index contributed by atoms with van der Waals surface area (Å²) in [5.74, 6) is -0.275. The number of rotatable bonds is 9. The van der Waals surface area contributed by atoms with Crippen LogP contribution in [-0.4, -0.2) is 58.7 Å². The summed E-state index contributed by atoms with van der Waals surface area (Å²) in [6.07, 6.45) is -0.381. The Morgan fingerprint density at radius 2 is 1.87 bits per heavy atom. The molecule has 0 spiro atoms. The maximum absolute atomic E-state index is 14.3. The molecule has 0 radical (unpaired) electrons. The van der Waals surface area contributed by atoms with Crippen LogP contribution in [0.25, 0.3) is 10.9 Å².